The average Bonchev–Trinajstić information content (AvgIpc) is 3.12. The van der Waals surface area contributed by atoms with Crippen molar-refractivity contribution in [2.45, 2.75) is 95.2 Å². The molecule has 0 aliphatic carbocycles. The number of amides is 1. The minimum Gasteiger partial charge on any atom is -0.467 e. The number of methoxy groups -OCH3 is 1. The van der Waals surface area contributed by atoms with Gasteiger partial charge >= 0.3 is 12.1 Å². The lowest BCUT2D eigenvalue weighted by molar-refractivity contribution is -0.365. The van der Waals surface area contributed by atoms with Crippen LogP contribution in [0.2, 0.25) is 18.1 Å². The van der Waals surface area contributed by atoms with Crippen LogP contribution in [0.25, 0.3) is 0 Å². The van der Waals surface area contributed by atoms with E-state index in [1.54, 1.807) is 0 Å². The van der Waals surface area contributed by atoms with Gasteiger partial charge in [0, 0.05) is 5.56 Å². The van der Waals surface area contributed by atoms with E-state index in [2.05, 4.69) is 39.2 Å². The van der Waals surface area contributed by atoms with Crippen LogP contribution in [0, 0.1) is 0 Å². The lowest BCUT2D eigenvalue weighted by Crippen LogP contribution is -2.66. The Hall–Kier alpha value is -3.62. The smallest absolute Gasteiger partial charge is 0.408 e. The van der Waals surface area contributed by atoms with Crippen molar-refractivity contribution in [3.8, 4) is 0 Å². The summed E-state index contributed by atoms with van der Waals surface area (Å²) in [5.74, 6) is -0.705. The van der Waals surface area contributed by atoms with E-state index in [-0.39, 0.29) is 24.9 Å². The number of carbonyl (C=O) groups is 2. The fourth-order valence-corrected chi connectivity index (χ4v) is 6.75. The van der Waals surface area contributed by atoms with Gasteiger partial charge < -0.3 is 42.9 Å². The zero-order chi connectivity index (χ0) is 35.7. The molecule has 50 heavy (non-hydrogen) atoms. The van der Waals surface area contributed by atoms with Gasteiger partial charge in [0.1, 0.15) is 31.0 Å². The Morgan fingerprint density at radius 3 is 2.04 bits per heavy atom. The minimum atomic E-state index is -2.48. The zero-order valence-electron chi connectivity index (χ0n) is 29.6. The molecule has 7 atom stereocenters. The maximum atomic E-state index is 12.9. The SMILES string of the molecule is COC(=O)[C@H](CO[C@@H]1O[C@@H]2CO[C@@H](c3ccccc3)O[C@H]2[C@H](OCc2ccccc2)[C@@H]1O[Si](C)(C)C(C)(C)C)NC(=O)OCc1ccccc1. The second-order valence-corrected chi connectivity index (χ2v) is 18.7. The van der Waals surface area contributed by atoms with Gasteiger partial charge in [0.15, 0.2) is 26.9 Å². The first-order valence-electron chi connectivity index (χ1n) is 16.9. The maximum absolute atomic E-state index is 12.9. The van der Waals surface area contributed by atoms with Gasteiger partial charge in [-0.3, -0.25) is 0 Å². The lowest BCUT2D eigenvalue weighted by Gasteiger charge is -2.51. The van der Waals surface area contributed by atoms with Gasteiger partial charge in [-0.2, -0.15) is 0 Å². The van der Waals surface area contributed by atoms with Gasteiger partial charge in [-0.15, -0.1) is 0 Å². The van der Waals surface area contributed by atoms with Gasteiger partial charge in [0.05, 0.1) is 26.9 Å². The molecule has 12 heteroatoms. The van der Waals surface area contributed by atoms with E-state index < -0.39 is 63.4 Å². The Balaban J connectivity index is 1.39. The van der Waals surface area contributed by atoms with Gasteiger partial charge in [-0.1, -0.05) is 112 Å². The maximum Gasteiger partial charge on any atom is 0.408 e. The van der Waals surface area contributed by atoms with Gasteiger partial charge in [0.25, 0.3) is 0 Å². The molecule has 2 aliphatic rings. The highest BCUT2D eigenvalue weighted by Gasteiger charge is 2.54. The van der Waals surface area contributed by atoms with E-state index in [4.69, 9.17) is 37.6 Å². The fraction of sp³-hybridized carbons (Fsp3) is 0.474. The standard InChI is InChI=1S/C38H49NO10Si/c1-38(2,3)50(5,6)49-33-32(43-22-26-16-10-7-11-17-26)31-30(25-45-35(48-31)28-20-14-9-15-21-28)47-36(33)44-24-29(34(40)42-4)39-37(41)46-23-27-18-12-8-13-19-27/h7-21,29-33,35-36H,22-25H2,1-6H3,(H,39,41)/t29-,30+,31+,32-,33-,35+,36+/m0/s1. The minimum absolute atomic E-state index is 0.0308. The van der Waals surface area contributed by atoms with Crippen LogP contribution < -0.4 is 5.32 Å². The molecule has 2 heterocycles. The Morgan fingerprint density at radius 2 is 1.44 bits per heavy atom. The fourth-order valence-electron chi connectivity index (χ4n) is 5.47. The number of ether oxygens (including phenoxy) is 7. The molecule has 0 aromatic heterocycles. The number of benzene rings is 3. The molecule has 0 unspecified atom stereocenters. The van der Waals surface area contributed by atoms with E-state index in [1.165, 1.54) is 7.11 Å². The van der Waals surface area contributed by atoms with Crippen LogP contribution in [0.1, 0.15) is 43.8 Å². The van der Waals surface area contributed by atoms with Crippen molar-refractivity contribution in [1.82, 2.24) is 5.32 Å². The summed E-state index contributed by atoms with van der Waals surface area (Å²) in [6.45, 7) is 11.0. The zero-order valence-corrected chi connectivity index (χ0v) is 30.6. The van der Waals surface area contributed by atoms with Crippen LogP contribution >= 0.6 is 0 Å². The second-order valence-electron chi connectivity index (χ2n) is 13.9. The third-order valence-electron chi connectivity index (χ3n) is 9.30. The summed E-state index contributed by atoms with van der Waals surface area (Å²) in [7, 11) is -1.24. The van der Waals surface area contributed by atoms with Crippen molar-refractivity contribution >= 4 is 20.4 Å². The predicted molar refractivity (Wildman–Crippen MR) is 187 cm³/mol. The highest BCUT2D eigenvalue weighted by atomic mass is 28.4. The molecule has 1 N–H and O–H groups in total. The van der Waals surface area contributed by atoms with E-state index in [1.807, 2.05) is 91.0 Å². The van der Waals surface area contributed by atoms with Gasteiger partial charge in [0.2, 0.25) is 0 Å². The number of fused-ring (bicyclic) bond motifs is 1. The first kappa shape index (κ1) is 37.6. The summed E-state index contributed by atoms with van der Waals surface area (Å²) in [6.07, 6.45) is -5.01. The van der Waals surface area contributed by atoms with Crippen molar-refractivity contribution in [3.63, 3.8) is 0 Å². The van der Waals surface area contributed by atoms with E-state index in [0.29, 0.717) is 6.61 Å². The largest absolute Gasteiger partial charge is 0.467 e. The summed E-state index contributed by atoms with van der Waals surface area (Å²) in [6, 6.07) is 27.6. The van der Waals surface area contributed by atoms with Crippen molar-refractivity contribution in [2.75, 3.05) is 20.3 Å². The molecule has 0 radical (unpaired) electrons. The highest BCUT2D eigenvalue weighted by molar-refractivity contribution is 6.74. The normalized spacial score (nSPS) is 24.4. The van der Waals surface area contributed by atoms with Crippen molar-refractivity contribution in [2.24, 2.45) is 0 Å². The molecule has 2 aliphatic heterocycles. The summed E-state index contributed by atoms with van der Waals surface area (Å²) >= 11 is 0. The molecule has 270 valence electrons. The monoisotopic (exact) mass is 707 g/mol. The topological polar surface area (TPSA) is 120 Å². The number of rotatable bonds is 13. The molecule has 2 fully saturated rings. The summed E-state index contributed by atoms with van der Waals surface area (Å²) in [4.78, 5) is 25.6. The number of alkyl carbamates (subject to hydrolysis) is 1. The molecule has 0 spiro atoms. The average molecular weight is 708 g/mol. The van der Waals surface area contributed by atoms with E-state index in [0.717, 1.165) is 16.7 Å². The first-order valence-corrected chi connectivity index (χ1v) is 19.8. The van der Waals surface area contributed by atoms with Crippen LogP contribution in [-0.4, -0.2) is 77.5 Å². The molecule has 5 rings (SSSR count). The quantitative estimate of drug-likeness (QED) is 0.161. The number of nitrogens with one attached hydrogen (secondary N) is 1. The Kier molecular flexibility index (Phi) is 12.8. The van der Waals surface area contributed by atoms with Crippen LogP contribution in [0.5, 0.6) is 0 Å². The first-order chi connectivity index (χ1) is 23.9. The van der Waals surface area contributed by atoms with Crippen LogP contribution in [0.15, 0.2) is 91.0 Å². The third-order valence-corrected chi connectivity index (χ3v) is 13.8. The molecule has 1 amide bonds. The van der Waals surface area contributed by atoms with Crippen molar-refractivity contribution < 1.29 is 47.2 Å². The Labute approximate surface area is 295 Å². The second kappa shape index (κ2) is 17.1. The summed E-state index contributed by atoms with van der Waals surface area (Å²) in [5, 5.41) is 2.41. The van der Waals surface area contributed by atoms with Crippen molar-refractivity contribution in [1.29, 1.82) is 0 Å². The van der Waals surface area contributed by atoms with Gasteiger partial charge in [-0.05, 0) is 29.3 Å². The molecule has 3 aromatic rings. The lowest BCUT2D eigenvalue weighted by atomic mass is 9.97. The third kappa shape index (κ3) is 9.78. The van der Waals surface area contributed by atoms with Crippen LogP contribution in [0.4, 0.5) is 4.79 Å². The predicted octanol–water partition coefficient (Wildman–Crippen LogP) is 6.29. The Bertz CT molecular complexity index is 1500. The number of hydrogen-bond donors (Lipinski definition) is 1. The molecule has 2 saturated heterocycles. The summed E-state index contributed by atoms with van der Waals surface area (Å²) in [5.41, 5.74) is 2.66. The molecule has 0 bridgehead atoms. The van der Waals surface area contributed by atoms with Crippen LogP contribution in [0.3, 0.4) is 0 Å². The molecule has 0 saturated carbocycles. The van der Waals surface area contributed by atoms with Crippen molar-refractivity contribution in [3.05, 3.63) is 108 Å². The summed E-state index contributed by atoms with van der Waals surface area (Å²) < 4.78 is 49.8. The molecule has 3 aromatic carbocycles. The number of hydrogen-bond acceptors (Lipinski definition) is 10. The number of esters is 1. The number of carbonyl (C=O) groups excluding carboxylic acids is 2. The molecular weight excluding hydrogens is 659 g/mol. The molecular formula is C38H49NO10Si. The van der Waals surface area contributed by atoms with Crippen LogP contribution in [-0.2, 0) is 55.6 Å². The van der Waals surface area contributed by atoms with E-state index >= 15 is 0 Å². The molecule has 11 nitrogen and oxygen atoms in total. The van der Waals surface area contributed by atoms with Gasteiger partial charge in [-0.25, -0.2) is 9.59 Å². The highest BCUT2D eigenvalue weighted by Crippen LogP contribution is 2.42. The van der Waals surface area contributed by atoms with E-state index in [9.17, 15) is 9.59 Å². The Morgan fingerprint density at radius 1 is 0.840 bits per heavy atom.